The van der Waals surface area contributed by atoms with Gasteiger partial charge in [-0.15, -0.1) is 0 Å². The predicted octanol–water partition coefficient (Wildman–Crippen LogP) is 14.2. The largest absolute Gasteiger partial charge is 0.0616 e. The van der Waals surface area contributed by atoms with Crippen LogP contribution in [0.3, 0.4) is 0 Å². The maximum atomic E-state index is 2.51. The monoisotopic (exact) mass is 657 g/mol. The van der Waals surface area contributed by atoms with E-state index in [-0.39, 0.29) is 16.2 Å². The fourth-order valence-corrected chi connectivity index (χ4v) is 10.9. The first-order chi connectivity index (χ1) is 22.7. The molecule has 4 aromatic carbocycles. The lowest BCUT2D eigenvalue weighted by atomic mass is 9.76. The molecule has 264 valence electrons. The minimum atomic E-state index is 0.220. The maximum Gasteiger partial charge on any atom is -0.0126 e. The van der Waals surface area contributed by atoms with Gasteiger partial charge < -0.3 is 0 Å². The molecule has 49 heavy (non-hydrogen) atoms. The van der Waals surface area contributed by atoms with Gasteiger partial charge in [0.05, 0.1) is 0 Å². The first kappa shape index (κ1) is 37.4. The third-order valence-corrected chi connectivity index (χ3v) is 12.0. The molecule has 1 saturated carbocycles. The lowest BCUT2D eigenvalue weighted by Crippen LogP contribution is -2.18. The number of benzene rings is 4. The van der Waals surface area contributed by atoms with Gasteiger partial charge in [0, 0.05) is 0 Å². The molecule has 0 aromatic heterocycles. The number of aryl methyl sites for hydroxylation is 5. The zero-order valence-corrected chi connectivity index (χ0v) is 34.1. The van der Waals surface area contributed by atoms with E-state index in [1.807, 2.05) is 0 Å². The van der Waals surface area contributed by atoms with Crippen molar-refractivity contribution in [1.29, 1.82) is 0 Å². The van der Waals surface area contributed by atoms with Gasteiger partial charge in [-0.2, -0.15) is 0 Å². The summed E-state index contributed by atoms with van der Waals surface area (Å²) >= 11 is 0. The standard InChI is InChI=1S/C17H24.C16H24.C16H20/c1-10-8-14-12-6-7-13(9-12)15(14)11(2)16(10)17(3,4)5;2*1-11-10-13-8-6-7-9-14(13)12(2)15(11)16(3,4)5/h8,12-13H,6-7,9H2,1-5H3;10H,6-9H2,1-5H3;6-10H,1-5H3. The van der Waals surface area contributed by atoms with Crippen LogP contribution in [0.5, 0.6) is 0 Å². The fourth-order valence-electron chi connectivity index (χ4n) is 10.9. The highest BCUT2D eigenvalue weighted by Gasteiger charge is 2.39. The molecule has 2 unspecified atom stereocenters. The van der Waals surface area contributed by atoms with E-state index in [4.69, 9.17) is 0 Å². The van der Waals surface area contributed by atoms with Crippen LogP contribution in [0.2, 0.25) is 0 Å². The summed E-state index contributed by atoms with van der Waals surface area (Å²) < 4.78 is 0. The van der Waals surface area contributed by atoms with Gasteiger partial charge in [0.1, 0.15) is 0 Å². The maximum absolute atomic E-state index is 2.51. The predicted molar refractivity (Wildman–Crippen MR) is 217 cm³/mol. The molecule has 0 spiro atoms. The van der Waals surface area contributed by atoms with Crippen LogP contribution in [-0.4, -0.2) is 0 Å². The number of hydrogen-bond donors (Lipinski definition) is 0. The van der Waals surface area contributed by atoms with Gasteiger partial charge in [-0.1, -0.05) is 105 Å². The molecule has 0 nitrogen and oxygen atoms in total. The Morgan fingerprint density at radius 2 is 1.04 bits per heavy atom. The average molecular weight is 657 g/mol. The van der Waals surface area contributed by atoms with Crippen molar-refractivity contribution in [3.05, 3.63) is 115 Å². The molecule has 0 amide bonds. The fraction of sp³-hybridized carbons (Fsp3) is 0.551. The Labute approximate surface area is 301 Å². The summed E-state index contributed by atoms with van der Waals surface area (Å²) in [5, 5.41) is 2.74. The van der Waals surface area contributed by atoms with Crippen molar-refractivity contribution in [2.45, 2.75) is 177 Å². The molecule has 7 rings (SSSR count). The number of hydrogen-bond acceptors (Lipinski definition) is 0. The minimum Gasteiger partial charge on any atom is -0.0616 e. The molecule has 2 bridgehead atoms. The van der Waals surface area contributed by atoms with E-state index in [1.54, 1.807) is 44.5 Å². The van der Waals surface area contributed by atoms with E-state index in [2.05, 4.69) is 146 Å². The van der Waals surface area contributed by atoms with Gasteiger partial charge in [-0.05, 0) is 198 Å². The third kappa shape index (κ3) is 7.46. The lowest BCUT2D eigenvalue weighted by molar-refractivity contribution is 0.576. The normalized spacial score (nSPS) is 18.3. The first-order valence-electron chi connectivity index (χ1n) is 19.5. The summed E-state index contributed by atoms with van der Waals surface area (Å²) in [6.45, 7) is 34.7. The van der Waals surface area contributed by atoms with Gasteiger partial charge in [-0.25, -0.2) is 0 Å². The van der Waals surface area contributed by atoms with Crippen molar-refractivity contribution in [1.82, 2.24) is 0 Å². The van der Waals surface area contributed by atoms with Crippen LogP contribution < -0.4 is 0 Å². The Morgan fingerprint density at radius 3 is 1.67 bits per heavy atom. The second kappa shape index (κ2) is 13.7. The average Bonchev–Trinajstić information content (AvgIpc) is 3.58. The molecule has 0 N–H and O–H groups in total. The van der Waals surface area contributed by atoms with Crippen LogP contribution in [0.1, 0.15) is 179 Å². The zero-order chi connectivity index (χ0) is 36.2. The highest BCUT2D eigenvalue weighted by Crippen LogP contribution is 2.55. The highest BCUT2D eigenvalue weighted by molar-refractivity contribution is 5.88. The molecule has 4 aromatic rings. The van der Waals surface area contributed by atoms with Crippen LogP contribution in [0.15, 0.2) is 42.5 Å². The highest BCUT2D eigenvalue weighted by atomic mass is 14.4. The minimum absolute atomic E-state index is 0.220. The molecule has 2 atom stereocenters. The topological polar surface area (TPSA) is 0 Å². The van der Waals surface area contributed by atoms with Crippen LogP contribution in [0, 0.1) is 41.5 Å². The van der Waals surface area contributed by atoms with Gasteiger partial charge in [-0.3, -0.25) is 0 Å². The second-order valence-corrected chi connectivity index (χ2v) is 19.1. The summed E-state index contributed by atoms with van der Waals surface area (Å²) in [6, 6.07) is 15.9. The van der Waals surface area contributed by atoms with E-state index in [1.165, 1.54) is 83.5 Å². The Kier molecular flexibility index (Phi) is 10.5. The van der Waals surface area contributed by atoms with Crippen LogP contribution in [0.4, 0.5) is 0 Å². The summed E-state index contributed by atoms with van der Waals surface area (Å²) in [7, 11) is 0. The Bertz CT molecular complexity index is 1840. The quantitative estimate of drug-likeness (QED) is 0.177. The molecule has 0 radical (unpaired) electrons. The van der Waals surface area contributed by atoms with E-state index >= 15 is 0 Å². The van der Waals surface area contributed by atoms with Crippen molar-refractivity contribution in [2.24, 2.45) is 0 Å². The molecule has 3 aliphatic carbocycles. The summed E-state index contributed by atoms with van der Waals surface area (Å²) in [6.07, 6.45) is 9.65. The molecule has 3 aliphatic rings. The summed E-state index contributed by atoms with van der Waals surface area (Å²) in [5.41, 5.74) is 21.2. The van der Waals surface area contributed by atoms with E-state index in [0.717, 1.165) is 11.8 Å². The Morgan fingerprint density at radius 1 is 0.531 bits per heavy atom. The van der Waals surface area contributed by atoms with Crippen LogP contribution in [0.25, 0.3) is 10.8 Å². The lowest BCUT2D eigenvalue weighted by Gasteiger charge is -2.29. The molecular weight excluding hydrogens is 589 g/mol. The number of fused-ring (bicyclic) bond motifs is 7. The Hall–Kier alpha value is -2.86. The van der Waals surface area contributed by atoms with Crippen LogP contribution >= 0.6 is 0 Å². The van der Waals surface area contributed by atoms with E-state index < -0.39 is 0 Å². The van der Waals surface area contributed by atoms with Crippen molar-refractivity contribution < 1.29 is 0 Å². The van der Waals surface area contributed by atoms with Crippen molar-refractivity contribution in [3.63, 3.8) is 0 Å². The smallest absolute Gasteiger partial charge is 0.0126 e. The first-order valence-corrected chi connectivity index (χ1v) is 19.5. The van der Waals surface area contributed by atoms with Gasteiger partial charge >= 0.3 is 0 Å². The van der Waals surface area contributed by atoms with Gasteiger partial charge in [0.25, 0.3) is 0 Å². The van der Waals surface area contributed by atoms with Gasteiger partial charge in [0.15, 0.2) is 0 Å². The molecular formula is C49H68. The van der Waals surface area contributed by atoms with Crippen molar-refractivity contribution in [2.75, 3.05) is 0 Å². The zero-order valence-electron chi connectivity index (χ0n) is 34.1. The van der Waals surface area contributed by atoms with Crippen molar-refractivity contribution in [3.8, 4) is 0 Å². The van der Waals surface area contributed by atoms with Gasteiger partial charge in [0.2, 0.25) is 0 Å². The molecule has 1 fully saturated rings. The third-order valence-electron chi connectivity index (χ3n) is 12.0. The molecule has 0 aliphatic heterocycles. The second-order valence-electron chi connectivity index (χ2n) is 19.1. The summed E-state index contributed by atoms with van der Waals surface area (Å²) in [5.74, 6) is 1.78. The summed E-state index contributed by atoms with van der Waals surface area (Å²) in [4.78, 5) is 0. The molecule has 0 saturated heterocycles. The van der Waals surface area contributed by atoms with Crippen molar-refractivity contribution >= 4 is 10.8 Å². The van der Waals surface area contributed by atoms with E-state index in [9.17, 15) is 0 Å². The Balaban J connectivity index is 0.000000143. The molecule has 0 heteroatoms. The van der Waals surface area contributed by atoms with E-state index in [0.29, 0.717) is 0 Å². The molecule has 0 heterocycles. The van der Waals surface area contributed by atoms with Crippen LogP contribution in [-0.2, 0) is 29.1 Å². The SMILES string of the molecule is Cc1cc2c(c(C)c1C(C)(C)C)C1CCC2C1.Cc1cc2c(c(C)c1C(C)(C)C)CCCC2.Cc1cc2ccccc2c(C)c1C(C)(C)C. The number of rotatable bonds is 0.